The van der Waals surface area contributed by atoms with E-state index in [0.717, 1.165) is 10.0 Å². The molecule has 102 valence electrons. The van der Waals surface area contributed by atoms with Crippen LogP contribution in [-0.2, 0) is 16.1 Å². The minimum Gasteiger partial charge on any atom is -0.481 e. The third-order valence-electron chi connectivity index (χ3n) is 3.22. The number of carboxylic acids is 1. The molecular formula is C13H13BrClNO3. The minimum absolute atomic E-state index is 0.133. The van der Waals surface area contributed by atoms with Crippen LogP contribution in [0.5, 0.6) is 0 Å². The van der Waals surface area contributed by atoms with Crippen molar-refractivity contribution in [2.24, 2.45) is 11.8 Å². The third kappa shape index (κ3) is 3.28. The molecule has 1 amide bonds. The van der Waals surface area contributed by atoms with Gasteiger partial charge in [0.2, 0.25) is 5.91 Å². The maximum absolute atomic E-state index is 12.0. The molecule has 2 atom stereocenters. The molecule has 1 aromatic rings. The number of aliphatic carboxylic acids is 1. The van der Waals surface area contributed by atoms with E-state index in [1.807, 2.05) is 12.1 Å². The first kappa shape index (κ1) is 14.3. The van der Waals surface area contributed by atoms with Crippen LogP contribution in [0.3, 0.4) is 0 Å². The van der Waals surface area contributed by atoms with Crippen LogP contribution in [0.25, 0.3) is 0 Å². The van der Waals surface area contributed by atoms with Gasteiger partial charge >= 0.3 is 5.97 Å². The largest absolute Gasteiger partial charge is 0.481 e. The fourth-order valence-electron chi connectivity index (χ4n) is 2.01. The second-order valence-electron chi connectivity index (χ2n) is 4.72. The van der Waals surface area contributed by atoms with Gasteiger partial charge in [-0.3, -0.25) is 9.59 Å². The van der Waals surface area contributed by atoms with Crippen molar-refractivity contribution in [1.82, 2.24) is 4.90 Å². The first-order valence-corrected chi connectivity index (χ1v) is 6.99. The van der Waals surface area contributed by atoms with Gasteiger partial charge in [-0.25, -0.2) is 0 Å². The van der Waals surface area contributed by atoms with E-state index in [1.165, 1.54) is 4.90 Å². The highest BCUT2D eigenvalue weighted by Gasteiger charge is 2.49. The molecule has 0 aromatic heterocycles. The number of benzene rings is 1. The Kier molecular flexibility index (Phi) is 4.16. The Morgan fingerprint density at radius 3 is 2.68 bits per heavy atom. The summed E-state index contributed by atoms with van der Waals surface area (Å²) in [5.74, 6) is -1.92. The van der Waals surface area contributed by atoms with Gasteiger partial charge in [0.25, 0.3) is 0 Å². The van der Waals surface area contributed by atoms with Crippen molar-refractivity contribution in [3.8, 4) is 0 Å². The summed E-state index contributed by atoms with van der Waals surface area (Å²) >= 11 is 9.41. The minimum atomic E-state index is -0.895. The van der Waals surface area contributed by atoms with Crippen molar-refractivity contribution >= 4 is 39.4 Å². The van der Waals surface area contributed by atoms with E-state index < -0.39 is 11.9 Å². The summed E-state index contributed by atoms with van der Waals surface area (Å²) in [7, 11) is 1.66. The van der Waals surface area contributed by atoms with Gasteiger partial charge in [-0.1, -0.05) is 33.6 Å². The monoisotopic (exact) mass is 345 g/mol. The average molecular weight is 347 g/mol. The van der Waals surface area contributed by atoms with E-state index in [0.29, 0.717) is 18.0 Å². The molecule has 0 saturated heterocycles. The van der Waals surface area contributed by atoms with E-state index in [-0.39, 0.29) is 11.8 Å². The quantitative estimate of drug-likeness (QED) is 0.912. The highest BCUT2D eigenvalue weighted by Crippen LogP contribution is 2.40. The SMILES string of the molecule is CN(Cc1ccc(Br)cc1Cl)C(=O)C1CC1C(=O)O. The summed E-state index contributed by atoms with van der Waals surface area (Å²) < 4.78 is 0.878. The number of carbonyl (C=O) groups excluding carboxylic acids is 1. The number of carbonyl (C=O) groups is 2. The van der Waals surface area contributed by atoms with Crippen molar-refractivity contribution in [3.05, 3.63) is 33.3 Å². The lowest BCUT2D eigenvalue weighted by molar-refractivity contribution is -0.141. The fourth-order valence-corrected chi connectivity index (χ4v) is 2.74. The van der Waals surface area contributed by atoms with Crippen LogP contribution in [0.1, 0.15) is 12.0 Å². The number of hydrogen-bond donors (Lipinski definition) is 1. The molecular weight excluding hydrogens is 334 g/mol. The molecule has 0 bridgehead atoms. The standard InChI is InChI=1S/C13H13BrClNO3/c1-16(12(17)9-5-10(9)13(18)19)6-7-2-3-8(14)4-11(7)15/h2-4,9-10H,5-6H2,1H3,(H,18,19). The molecule has 0 aliphatic heterocycles. The Labute approximate surface area is 124 Å². The van der Waals surface area contributed by atoms with Gasteiger partial charge < -0.3 is 10.0 Å². The normalized spacial score (nSPS) is 21.0. The molecule has 2 unspecified atom stereocenters. The number of nitrogens with zero attached hydrogens (tertiary/aromatic N) is 1. The zero-order valence-electron chi connectivity index (χ0n) is 10.3. The first-order valence-electron chi connectivity index (χ1n) is 5.82. The average Bonchev–Trinajstić information content (AvgIpc) is 3.11. The second-order valence-corrected chi connectivity index (χ2v) is 6.04. The Balaban J connectivity index is 1.99. The zero-order chi connectivity index (χ0) is 14.2. The predicted molar refractivity (Wildman–Crippen MR) is 74.9 cm³/mol. The zero-order valence-corrected chi connectivity index (χ0v) is 12.6. The summed E-state index contributed by atoms with van der Waals surface area (Å²) in [6, 6.07) is 5.47. The van der Waals surface area contributed by atoms with E-state index in [4.69, 9.17) is 16.7 Å². The lowest BCUT2D eigenvalue weighted by atomic mass is 10.2. The van der Waals surface area contributed by atoms with Crippen LogP contribution < -0.4 is 0 Å². The first-order chi connectivity index (χ1) is 8.90. The van der Waals surface area contributed by atoms with Crippen LogP contribution in [0.4, 0.5) is 0 Å². The van der Waals surface area contributed by atoms with Crippen LogP contribution in [-0.4, -0.2) is 28.9 Å². The van der Waals surface area contributed by atoms with Crippen molar-refractivity contribution < 1.29 is 14.7 Å². The predicted octanol–water partition coefficient (Wildman–Crippen LogP) is 2.78. The van der Waals surface area contributed by atoms with Crippen LogP contribution >= 0.6 is 27.5 Å². The van der Waals surface area contributed by atoms with E-state index in [2.05, 4.69) is 15.9 Å². The molecule has 1 N–H and O–H groups in total. The molecule has 1 aliphatic rings. The Hall–Kier alpha value is -1.07. The maximum Gasteiger partial charge on any atom is 0.307 e. The number of amides is 1. The van der Waals surface area contributed by atoms with E-state index >= 15 is 0 Å². The summed E-state index contributed by atoms with van der Waals surface area (Å²) in [6.07, 6.45) is 0.437. The van der Waals surface area contributed by atoms with Crippen LogP contribution in [0, 0.1) is 11.8 Å². The Morgan fingerprint density at radius 1 is 1.47 bits per heavy atom. The number of hydrogen-bond acceptors (Lipinski definition) is 2. The Bertz CT molecular complexity index is 535. The molecule has 1 saturated carbocycles. The number of rotatable bonds is 4. The molecule has 0 heterocycles. The molecule has 6 heteroatoms. The molecule has 4 nitrogen and oxygen atoms in total. The maximum atomic E-state index is 12.0. The van der Waals surface area contributed by atoms with Crippen LogP contribution in [0.2, 0.25) is 5.02 Å². The third-order valence-corrected chi connectivity index (χ3v) is 4.07. The van der Waals surface area contributed by atoms with Gasteiger partial charge in [0.1, 0.15) is 0 Å². The molecule has 1 aliphatic carbocycles. The Morgan fingerprint density at radius 2 is 2.16 bits per heavy atom. The lowest BCUT2D eigenvalue weighted by Crippen LogP contribution is -2.28. The second kappa shape index (κ2) is 5.51. The van der Waals surface area contributed by atoms with E-state index in [9.17, 15) is 9.59 Å². The van der Waals surface area contributed by atoms with Crippen LogP contribution in [0.15, 0.2) is 22.7 Å². The smallest absolute Gasteiger partial charge is 0.307 e. The summed E-state index contributed by atoms with van der Waals surface area (Å²) in [5.41, 5.74) is 0.841. The van der Waals surface area contributed by atoms with Crippen molar-refractivity contribution in [1.29, 1.82) is 0 Å². The molecule has 2 rings (SSSR count). The van der Waals surface area contributed by atoms with Gasteiger partial charge in [0.05, 0.1) is 11.8 Å². The topological polar surface area (TPSA) is 57.6 Å². The molecule has 1 fully saturated rings. The van der Waals surface area contributed by atoms with Crippen molar-refractivity contribution in [3.63, 3.8) is 0 Å². The number of carboxylic acid groups (broad SMARTS) is 1. The van der Waals surface area contributed by atoms with Crippen molar-refractivity contribution in [2.75, 3.05) is 7.05 Å². The van der Waals surface area contributed by atoms with Gasteiger partial charge in [-0.15, -0.1) is 0 Å². The van der Waals surface area contributed by atoms with Gasteiger partial charge in [0.15, 0.2) is 0 Å². The molecule has 1 aromatic carbocycles. The number of halogens is 2. The highest BCUT2D eigenvalue weighted by atomic mass is 79.9. The van der Waals surface area contributed by atoms with Gasteiger partial charge in [-0.05, 0) is 24.1 Å². The molecule has 0 radical (unpaired) electrons. The summed E-state index contributed by atoms with van der Waals surface area (Å²) in [6.45, 7) is 0.383. The fraction of sp³-hybridized carbons (Fsp3) is 0.385. The summed E-state index contributed by atoms with van der Waals surface area (Å²) in [5, 5.41) is 9.40. The lowest BCUT2D eigenvalue weighted by Gasteiger charge is -2.18. The molecule has 0 spiro atoms. The highest BCUT2D eigenvalue weighted by molar-refractivity contribution is 9.10. The van der Waals surface area contributed by atoms with Gasteiger partial charge in [0, 0.05) is 23.1 Å². The van der Waals surface area contributed by atoms with E-state index in [1.54, 1.807) is 13.1 Å². The summed E-state index contributed by atoms with van der Waals surface area (Å²) in [4.78, 5) is 24.3. The van der Waals surface area contributed by atoms with Gasteiger partial charge in [-0.2, -0.15) is 0 Å². The van der Waals surface area contributed by atoms with Crippen molar-refractivity contribution in [2.45, 2.75) is 13.0 Å². The molecule has 19 heavy (non-hydrogen) atoms.